The van der Waals surface area contributed by atoms with Crippen LogP contribution in [0.4, 0.5) is 5.69 Å². The zero-order valence-corrected chi connectivity index (χ0v) is 11.0. The summed E-state index contributed by atoms with van der Waals surface area (Å²) in [6, 6.07) is 6.88. The van der Waals surface area contributed by atoms with Crippen LogP contribution in [-0.4, -0.2) is 21.0 Å². The van der Waals surface area contributed by atoms with Crippen LogP contribution in [0.1, 0.15) is 19.3 Å². The summed E-state index contributed by atoms with van der Waals surface area (Å²) in [6.45, 7) is 0.688. The Morgan fingerprint density at radius 1 is 1.28 bits per heavy atom. The first-order valence-corrected chi connectivity index (χ1v) is 7.64. The molecule has 1 aromatic carbocycles. The highest BCUT2D eigenvalue weighted by Gasteiger charge is 2.24. The number of sulfonamides is 1. The minimum atomic E-state index is -3.69. The largest absolute Gasteiger partial charge is 0.384 e. The Labute approximate surface area is 108 Å². The highest BCUT2D eigenvalue weighted by Crippen LogP contribution is 2.26. The lowest BCUT2D eigenvalue weighted by Crippen LogP contribution is -2.30. The topological polar surface area (TPSA) is 98.2 Å². The van der Waals surface area contributed by atoms with Gasteiger partial charge < -0.3 is 11.1 Å². The quantitative estimate of drug-likeness (QED) is 0.755. The summed E-state index contributed by atoms with van der Waals surface area (Å²) in [6.07, 6.45) is 3.28. The summed E-state index contributed by atoms with van der Waals surface area (Å²) in [5, 5.41) is 8.33. The number of nitrogens with two attached hydrogens (primary N) is 2. The lowest BCUT2D eigenvalue weighted by atomic mass is 10.0. The molecule has 1 aromatic rings. The Balaban J connectivity index is 2.10. The van der Waals surface area contributed by atoms with Gasteiger partial charge in [-0.15, -0.1) is 0 Å². The molecule has 2 rings (SSSR count). The van der Waals surface area contributed by atoms with Gasteiger partial charge in [-0.25, -0.2) is 13.6 Å². The molecule has 0 bridgehead atoms. The maximum atomic E-state index is 11.4. The molecule has 0 saturated heterocycles. The molecule has 1 aliphatic carbocycles. The smallest absolute Gasteiger partial charge is 0.240 e. The molecule has 2 atom stereocenters. The van der Waals surface area contributed by atoms with Crippen molar-refractivity contribution in [3.05, 3.63) is 24.3 Å². The zero-order valence-electron chi connectivity index (χ0n) is 10.2. The second kappa shape index (κ2) is 5.26. The van der Waals surface area contributed by atoms with E-state index in [0.717, 1.165) is 19.3 Å². The van der Waals surface area contributed by atoms with Crippen LogP contribution < -0.4 is 16.2 Å². The van der Waals surface area contributed by atoms with Crippen LogP contribution in [0.2, 0.25) is 0 Å². The van der Waals surface area contributed by atoms with Gasteiger partial charge in [-0.1, -0.05) is 18.6 Å². The highest BCUT2D eigenvalue weighted by molar-refractivity contribution is 7.89. The lowest BCUT2D eigenvalue weighted by molar-refractivity contribution is 0.505. The number of hydrogen-bond acceptors (Lipinski definition) is 4. The van der Waals surface area contributed by atoms with Gasteiger partial charge in [0.2, 0.25) is 10.0 Å². The number of rotatable bonds is 4. The van der Waals surface area contributed by atoms with Gasteiger partial charge in [0.05, 0.1) is 5.69 Å². The fraction of sp³-hybridized carbons (Fsp3) is 0.500. The van der Waals surface area contributed by atoms with Gasteiger partial charge in [0, 0.05) is 12.6 Å². The Morgan fingerprint density at radius 3 is 2.61 bits per heavy atom. The Bertz CT molecular complexity index is 516. The van der Waals surface area contributed by atoms with Crippen molar-refractivity contribution in [2.75, 3.05) is 11.9 Å². The van der Waals surface area contributed by atoms with E-state index in [1.165, 1.54) is 6.07 Å². The summed E-state index contributed by atoms with van der Waals surface area (Å²) in [5.74, 6) is 0.401. The van der Waals surface area contributed by atoms with E-state index in [-0.39, 0.29) is 10.9 Å². The standard InChI is InChI=1S/C12H19N3O2S/c13-10-5-3-4-9(10)8-15-11-6-1-2-7-12(11)18(14,16)17/h1-2,6-7,9-10,15H,3-5,8,13H2,(H2,14,16,17). The average molecular weight is 269 g/mol. The summed E-state index contributed by atoms with van der Waals surface area (Å²) in [7, 11) is -3.69. The van der Waals surface area contributed by atoms with Crippen LogP contribution in [0.3, 0.4) is 0 Å². The molecule has 2 unspecified atom stereocenters. The van der Waals surface area contributed by atoms with Gasteiger partial charge in [0.25, 0.3) is 0 Å². The zero-order chi connectivity index (χ0) is 13.2. The molecule has 18 heavy (non-hydrogen) atoms. The second-order valence-corrected chi connectivity index (χ2v) is 6.31. The van der Waals surface area contributed by atoms with Crippen molar-refractivity contribution in [3.8, 4) is 0 Å². The minimum absolute atomic E-state index is 0.136. The van der Waals surface area contributed by atoms with E-state index in [1.54, 1.807) is 18.2 Å². The van der Waals surface area contributed by atoms with Gasteiger partial charge >= 0.3 is 0 Å². The summed E-state index contributed by atoms with van der Waals surface area (Å²) in [5.41, 5.74) is 6.54. The van der Waals surface area contributed by atoms with Gasteiger partial charge in [-0.05, 0) is 30.9 Å². The molecule has 0 aliphatic heterocycles. The third kappa shape index (κ3) is 3.01. The number of nitrogens with one attached hydrogen (secondary N) is 1. The van der Waals surface area contributed by atoms with Crippen molar-refractivity contribution in [1.82, 2.24) is 0 Å². The van der Waals surface area contributed by atoms with Crippen LogP contribution in [-0.2, 0) is 10.0 Å². The van der Waals surface area contributed by atoms with Crippen molar-refractivity contribution < 1.29 is 8.42 Å². The molecule has 1 saturated carbocycles. The lowest BCUT2D eigenvalue weighted by Gasteiger charge is -2.18. The summed E-state index contributed by atoms with van der Waals surface area (Å²) >= 11 is 0. The van der Waals surface area contributed by atoms with E-state index in [1.807, 2.05) is 0 Å². The summed E-state index contributed by atoms with van der Waals surface area (Å²) in [4.78, 5) is 0.136. The molecule has 100 valence electrons. The average Bonchev–Trinajstić information content (AvgIpc) is 2.71. The van der Waals surface area contributed by atoms with E-state index in [2.05, 4.69) is 5.32 Å². The first kappa shape index (κ1) is 13.3. The predicted molar refractivity (Wildman–Crippen MR) is 71.6 cm³/mol. The number of para-hydroxylation sites is 1. The fourth-order valence-corrected chi connectivity index (χ4v) is 3.14. The number of anilines is 1. The van der Waals surface area contributed by atoms with Crippen molar-refractivity contribution in [3.63, 3.8) is 0 Å². The van der Waals surface area contributed by atoms with Gasteiger partial charge in [-0.2, -0.15) is 0 Å². The van der Waals surface area contributed by atoms with Crippen LogP contribution in [0.15, 0.2) is 29.2 Å². The monoisotopic (exact) mass is 269 g/mol. The molecule has 0 aromatic heterocycles. The van der Waals surface area contributed by atoms with Crippen LogP contribution >= 0.6 is 0 Å². The predicted octanol–water partition coefficient (Wildman–Crippen LogP) is 0.873. The van der Waals surface area contributed by atoms with Gasteiger partial charge in [0.15, 0.2) is 0 Å². The maximum Gasteiger partial charge on any atom is 0.240 e. The van der Waals surface area contributed by atoms with E-state index in [0.29, 0.717) is 18.2 Å². The molecule has 6 heteroatoms. The number of hydrogen-bond donors (Lipinski definition) is 3. The Hall–Kier alpha value is -1.11. The molecular formula is C12H19N3O2S. The normalized spacial score (nSPS) is 24.1. The number of benzene rings is 1. The van der Waals surface area contributed by atoms with E-state index >= 15 is 0 Å². The van der Waals surface area contributed by atoms with E-state index < -0.39 is 10.0 Å². The summed E-state index contributed by atoms with van der Waals surface area (Å²) < 4.78 is 22.9. The van der Waals surface area contributed by atoms with Crippen molar-refractivity contribution >= 4 is 15.7 Å². The molecule has 0 heterocycles. The molecular weight excluding hydrogens is 250 g/mol. The molecule has 5 nitrogen and oxygen atoms in total. The molecule has 1 fully saturated rings. The SMILES string of the molecule is NC1CCCC1CNc1ccccc1S(N)(=O)=O. The molecule has 1 aliphatic rings. The highest BCUT2D eigenvalue weighted by atomic mass is 32.2. The fourth-order valence-electron chi connectivity index (χ4n) is 2.42. The third-order valence-corrected chi connectivity index (χ3v) is 4.44. The van der Waals surface area contributed by atoms with Crippen LogP contribution in [0.5, 0.6) is 0 Å². The molecule has 0 amide bonds. The Morgan fingerprint density at radius 2 is 2.00 bits per heavy atom. The van der Waals surface area contributed by atoms with Crippen molar-refractivity contribution in [1.29, 1.82) is 0 Å². The van der Waals surface area contributed by atoms with E-state index in [4.69, 9.17) is 10.9 Å². The molecule has 0 radical (unpaired) electrons. The van der Waals surface area contributed by atoms with Gasteiger partial charge in [0.1, 0.15) is 4.90 Å². The molecule has 5 N–H and O–H groups in total. The van der Waals surface area contributed by atoms with Crippen LogP contribution in [0, 0.1) is 5.92 Å². The molecule has 0 spiro atoms. The first-order chi connectivity index (χ1) is 8.48. The maximum absolute atomic E-state index is 11.4. The van der Waals surface area contributed by atoms with Gasteiger partial charge in [-0.3, -0.25) is 0 Å². The first-order valence-electron chi connectivity index (χ1n) is 6.10. The van der Waals surface area contributed by atoms with Crippen LogP contribution in [0.25, 0.3) is 0 Å². The minimum Gasteiger partial charge on any atom is -0.384 e. The van der Waals surface area contributed by atoms with Crippen molar-refractivity contribution in [2.45, 2.75) is 30.2 Å². The Kier molecular flexibility index (Phi) is 3.89. The third-order valence-electron chi connectivity index (χ3n) is 3.47. The number of primary sulfonamides is 1. The second-order valence-electron chi connectivity index (χ2n) is 4.78. The van der Waals surface area contributed by atoms with E-state index in [9.17, 15) is 8.42 Å². The van der Waals surface area contributed by atoms with Crippen molar-refractivity contribution in [2.24, 2.45) is 16.8 Å².